The number of carboxylic acid groups (broad SMARTS) is 1. The lowest BCUT2D eigenvalue weighted by Crippen LogP contribution is -2.29. The Hall–Kier alpha value is -2.46. The van der Waals surface area contributed by atoms with Crippen molar-refractivity contribution in [3.05, 3.63) is 22.5 Å². The van der Waals surface area contributed by atoms with E-state index in [9.17, 15) is 36.6 Å². The Morgan fingerprint density at radius 3 is 2.16 bits per heavy atom. The number of aromatic carboxylic acids is 1. The molecule has 0 radical (unpaired) electrons. The van der Waals surface area contributed by atoms with E-state index in [0.29, 0.717) is 12.8 Å². The largest absolute Gasteiger partial charge is 0.478 e. The lowest BCUT2D eigenvalue weighted by Gasteiger charge is -2.26. The maximum absolute atomic E-state index is 13.3. The summed E-state index contributed by atoms with van der Waals surface area (Å²) in [6.45, 7) is 0.239. The second kappa shape index (κ2) is 6.81. The molecular weight excluding hydrogens is 355 g/mol. The van der Waals surface area contributed by atoms with Gasteiger partial charge in [0, 0.05) is 13.1 Å². The number of rotatable bonds is 4. The van der Waals surface area contributed by atoms with E-state index in [1.807, 2.05) is 0 Å². The molecule has 0 bridgehead atoms. The number of halogens is 5. The summed E-state index contributed by atoms with van der Waals surface area (Å²) < 4.78 is 70.6. The van der Waals surface area contributed by atoms with Crippen LogP contribution in [-0.4, -0.2) is 42.2 Å². The zero-order valence-electron chi connectivity index (χ0n) is 12.9. The summed E-state index contributed by atoms with van der Waals surface area (Å²) in [7, 11) is 0.851. The number of ether oxygens (including phenoxy) is 1. The van der Waals surface area contributed by atoms with Gasteiger partial charge in [0.05, 0.1) is 12.8 Å². The maximum Gasteiger partial charge on any atom is 0.434 e. The number of hydrogen-bond acceptors (Lipinski definition) is 5. The molecule has 1 saturated heterocycles. The predicted molar refractivity (Wildman–Crippen MR) is 73.9 cm³/mol. The summed E-state index contributed by atoms with van der Waals surface area (Å²) in [6, 6.07) is 0. The van der Waals surface area contributed by atoms with Crippen molar-refractivity contribution in [2.24, 2.45) is 0 Å². The average molecular weight is 368 g/mol. The molecule has 0 aliphatic carbocycles. The van der Waals surface area contributed by atoms with E-state index in [-0.39, 0.29) is 13.1 Å². The fraction of sp³-hybridized carbons (Fsp3) is 0.500. The Bertz CT molecular complexity index is 699. The van der Waals surface area contributed by atoms with Crippen LogP contribution in [0.25, 0.3) is 0 Å². The number of carbonyl (C=O) groups excluding carboxylic acids is 1. The topological polar surface area (TPSA) is 79.7 Å². The van der Waals surface area contributed by atoms with Gasteiger partial charge < -0.3 is 14.7 Å². The summed E-state index contributed by atoms with van der Waals surface area (Å²) >= 11 is 0. The fourth-order valence-corrected chi connectivity index (χ4v) is 2.72. The maximum atomic E-state index is 13.3. The van der Waals surface area contributed by atoms with Gasteiger partial charge in [-0.25, -0.2) is 23.4 Å². The van der Waals surface area contributed by atoms with Crippen molar-refractivity contribution in [1.82, 2.24) is 4.98 Å². The highest BCUT2D eigenvalue weighted by Gasteiger charge is 2.44. The van der Waals surface area contributed by atoms with Crippen LogP contribution in [0.1, 0.15) is 51.4 Å². The van der Waals surface area contributed by atoms with Gasteiger partial charge in [0.1, 0.15) is 16.8 Å². The summed E-state index contributed by atoms with van der Waals surface area (Å²) in [5.74, 6) is -3.39. The first kappa shape index (κ1) is 18.9. The van der Waals surface area contributed by atoms with Crippen LogP contribution >= 0.6 is 0 Å². The normalized spacial score (nSPS) is 14.9. The van der Waals surface area contributed by atoms with E-state index in [4.69, 9.17) is 0 Å². The van der Waals surface area contributed by atoms with Crippen LogP contribution in [0.2, 0.25) is 0 Å². The molecule has 1 aliphatic heterocycles. The molecule has 0 spiro atoms. The number of alkyl halides is 5. The van der Waals surface area contributed by atoms with Crippen LogP contribution in [0.4, 0.5) is 27.6 Å². The van der Waals surface area contributed by atoms with Crippen molar-refractivity contribution in [2.75, 3.05) is 25.1 Å². The average Bonchev–Trinajstić information content (AvgIpc) is 3.04. The minimum atomic E-state index is -5.29. The molecule has 6 nitrogen and oxygen atoms in total. The zero-order valence-corrected chi connectivity index (χ0v) is 12.9. The van der Waals surface area contributed by atoms with Gasteiger partial charge in [-0.1, -0.05) is 0 Å². The van der Waals surface area contributed by atoms with Gasteiger partial charge in [0.25, 0.3) is 6.43 Å². The van der Waals surface area contributed by atoms with Crippen LogP contribution in [0.15, 0.2) is 0 Å². The third kappa shape index (κ3) is 3.49. The number of pyridine rings is 1. The van der Waals surface area contributed by atoms with Crippen molar-refractivity contribution in [3.63, 3.8) is 0 Å². The highest BCUT2D eigenvalue weighted by atomic mass is 19.4. The number of hydrogen-bond donors (Lipinski definition) is 1. The van der Waals surface area contributed by atoms with E-state index < -0.39 is 52.7 Å². The molecule has 2 rings (SSSR count). The molecule has 11 heteroatoms. The third-order valence-electron chi connectivity index (χ3n) is 3.70. The Morgan fingerprint density at radius 1 is 1.20 bits per heavy atom. The number of aromatic nitrogens is 1. The van der Waals surface area contributed by atoms with Crippen molar-refractivity contribution >= 4 is 17.6 Å². The van der Waals surface area contributed by atoms with Crippen LogP contribution in [0.3, 0.4) is 0 Å². The predicted octanol–water partition coefficient (Wildman–Crippen LogP) is 3.12. The second-order valence-corrected chi connectivity index (χ2v) is 5.23. The summed E-state index contributed by atoms with van der Waals surface area (Å²) in [5, 5.41) is 9.27. The Morgan fingerprint density at radius 2 is 1.76 bits per heavy atom. The highest BCUT2D eigenvalue weighted by Crippen LogP contribution is 2.41. The van der Waals surface area contributed by atoms with Gasteiger partial charge in [-0.15, -0.1) is 0 Å². The van der Waals surface area contributed by atoms with Crippen molar-refractivity contribution in [3.8, 4) is 0 Å². The Balaban J connectivity index is 2.96. The molecule has 0 amide bonds. The SMILES string of the molecule is COC(=O)c1c(C(F)F)nc(C(F)(F)F)c(C(=O)O)c1N1CCCC1. The molecule has 1 fully saturated rings. The first-order chi connectivity index (χ1) is 11.6. The molecule has 0 unspecified atom stereocenters. The minimum Gasteiger partial charge on any atom is -0.478 e. The van der Waals surface area contributed by atoms with E-state index in [1.54, 1.807) is 0 Å². The Kier molecular flexibility index (Phi) is 5.14. The third-order valence-corrected chi connectivity index (χ3v) is 3.70. The second-order valence-electron chi connectivity index (χ2n) is 5.23. The number of carboxylic acids is 1. The lowest BCUT2D eigenvalue weighted by molar-refractivity contribution is -0.142. The number of esters is 1. The molecule has 0 aromatic carbocycles. The molecule has 138 valence electrons. The molecule has 2 heterocycles. The van der Waals surface area contributed by atoms with E-state index in [2.05, 4.69) is 9.72 Å². The molecule has 0 saturated carbocycles. The standard InChI is InChI=1S/C14H13F5N2O4/c1-25-13(24)6-8(11(15)16)20-10(14(17,18)19)7(12(22)23)9(6)21-4-2-3-5-21/h11H,2-5H2,1H3,(H,22,23). The molecule has 1 N–H and O–H groups in total. The smallest absolute Gasteiger partial charge is 0.434 e. The van der Waals surface area contributed by atoms with E-state index >= 15 is 0 Å². The van der Waals surface area contributed by atoms with E-state index in [1.165, 1.54) is 4.90 Å². The lowest BCUT2D eigenvalue weighted by atomic mass is 10.0. The number of carbonyl (C=O) groups is 2. The van der Waals surface area contributed by atoms with Gasteiger partial charge in [-0.05, 0) is 12.8 Å². The number of anilines is 1. The fourth-order valence-electron chi connectivity index (χ4n) is 2.72. The first-order valence-electron chi connectivity index (χ1n) is 7.09. The summed E-state index contributed by atoms with van der Waals surface area (Å²) in [6.07, 6.45) is -7.80. The number of methoxy groups -OCH3 is 1. The minimum absolute atomic E-state index is 0.119. The summed E-state index contributed by atoms with van der Waals surface area (Å²) in [4.78, 5) is 27.4. The molecule has 25 heavy (non-hydrogen) atoms. The van der Waals surface area contributed by atoms with E-state index in [0.717, 1.165) is 7.11 Å². The number of nitrogens with zero attached hydrogens (tertiary/aromatic N) is 2. The van der Waals surface area contributed by atoms with Gasteiger partial charge in [-0.3, -0.25) is 0 Å². The van der Waals surface area contributed by atoms with Gasteiger partial charge in [0.15, 0.2) is 5.69 Å². The molecular formula is C14H13F5N2O4. The molecule has 1 aromatic rings. The molecule has 1 aliphatic rings. The monoisotopic (exact) mass is 368 g/mol. The molecule has 0 atom stereocenters. The van der Waals surface area contributed by atoms with Gasteiger partial charge in [0.2, 0.25) is 0 Å². The quantitative estimate of drug-likeness (QED) is 0.650. The van der Waals surface area contributed by atoms with Crippen LogP contribution in [0.5, 0.6) is 0 Å². The van der Waals surface area contributed by atoms with Gasteiger partial charge >= 0.3 is 18.1 Å². The summed E-state index contributed by atoms with van der Waals surface area (Å²) in [5.41, 5.74) is -6.44. The van der Waals surface area contributed by atoms with Crippen LogP contribution < -0.4 is 4.90 Å². The first-order valence-corrected chi connectivity index (χ1v) is 7.09. The van der Waals surface area contributed by atoms with Gasteiger partial charge in [-0.2, -0.15) is 13.2 Å². The van der Waals surface area contributed by atoms with Crippen molar-refractivity contribution in [1.29, 1.82) is 0 Å². The molecule has 1 aromatic heterocycles. The van der Waals surface area contributed by atoms with Crippen LogP contribution in [0, 0.1) is 0 Å². The van der Waals surface area contributed by atoms with Crippen molar-refractivity contribution < 1.29 is 41.4 Å². The van der Waals surface area contributed by atoms with Crippen LogP contribution in [-0.2, 0) is 10.9 Å². The Labute approximate surface area is 138 Å². The zero-order chi connectivity index (χ0) is 18.9. The van der Waals surface area contributed by atoms with Crippen molar-refractivity contribution in [2.45, 2.75) is 25.4 Å². The highest BCUT2D eigenvalue weighted by molar-refractivity contribution is 6.05.